The smallest absolute Gasteiger partial charge is 0.305 e. The van der Waals surface area contributed by atoms with Crippen LogP contribution in [-0.4, -0.2) is 9.55 Å². The van der Waals surface area contributed by atoms with Gasteiger partial charge in [-0.25, -0.2) is 0 Å². The second-order valence-electron chi connectivity index (χ2n) is 4.93. The number of benzene rings is 2. The topological polar surface area (TPSA) is 44.1 Å². The number of aromatic nitrogens is 2. The minimum absolute atomic E-state index is 0.0629. The number of allylic oxidation sites excluding steroid dienone is 1. The molecule has 0 radical (unpaired) electrons. The third kappa shape index (κ3) is 2.01. The van der Waals surface area contributed by atoms with Gasteiger partial charge in [-0.2, -0.15) is 4.98 Å². The summed E-state index contributed by atoms with van der Waals surface area (Å²) in [5, 5.41) is 0.616. The van der Waals surface area contributed by atoms with E-state index < -0.39 is 0 Å². The van der Waals surface area contributed by atoms with Gasteiger partial charge in [0.15, 0.2) is 0 Å². The van der Waals surface area contributed by atoms with E-state index in [4.69, 9.17) is 4.74 Å². The van der Waals surface area contributed by atoms with Gasteiger partial charge in [-0.15, -0.1) is 0 Å². The van der Waals surface area contributed by atoms with Crippen LogP contribution < -0.4 is 10.3 Å². The molecule has 0 saturated heterocycles. The SMILES string of the molecule is O=c1c2ccccc2nc2n1C/C(=C/c1ccccc1)O2. The molecule has 4 nitrogen and oxygen atoms in total. The fourth-order valence-corrected chi connectivity index (χ4v) is 2.48. The van der Waals surface area contributed by atoms with Crippen molar-refractivity contribution in [1.82, 2.24) is 9.55 Å². The van der Waals surface area contributed by atoms with Crippen LogP contribution in [0.15, 0.2) is 65.2 Å². The Morgan fingerprint density at radius 1 is 1.05 bits per heavy atom. The summed E-state index contributed by atoms with van der Waals surface area (Å²) >= 11 is 0. The van der Waals surface area contributed by atoms with E-state index in [1.807, 2.05) is 54.6 Å². The van der Waals surface area contributed by atoms with E-state index in [0.29, 0.717) is 23.5 Å². The first-order valence-electron chi connectivity index (χ1n) is 6.74. The summed E-state index contributed by atoms with van der Waals surface area (Å²) in [5.41, 5.74) is 1.64. The highest BCUT2D eigenvalue weighted by atomic mass is 16.5. The van der Waals surface area contributed by atoms with Crippen LogP contribution in [0.4, 0.5) is 0 Å². The number of ether oxygens (including phenoxy) is 1. The van der Waals surface area contributed by atoms with E-state index >= 15 is 0 Å². The largest absolute Gasteiger partial charge is 0.428 e. The molecule has 1 aliphatic heterocycles. The van der Waals surface area contributed by atoms with Crippen LogP contribution in [-0.2, 0) is 6.54 Å². The van der Waals surface area contributed by atoms with Gasteiger partial charge in [0.1, 0.15) is 5.76 Å². The summed E-state index contributed by atoms with van der Waals surface area (Å²) in [6.45, 7) is 0.418. The maximum absolute atomic E-state index is 12.4. The molecule has 3 aromatic rings. The van der Waals surface area contributed by atoms with E-state index in [-0.39, 0.29) is 5.56 Å². The van der Waals surface area contributed by atoms with Gasteiger partial charge in [-0.1, -0.05) is 42.5 Å². The van der Waals surface area contributed by atoms with Crippen molar-refractivity contribution in [2.24, 2.45) is 0 Å². The Morgan fingerprint density at radius 3 is 2.67 bits per heavy atom. The Hall–Kier alpha value is -2.88. The molecule has 0 atom stereocenters. The molecule has 0 bridgehead atoms. The molecule has 4 rings (SSSR count). The number of rotatable bonds is 1. The Kier molecular flexibility index (Phi) is 2.60. The van der Waals surface area contributed by atoms with Crippen molar-refractivity contribution in [3.8, 4) is 6.01 Å². The van der Waals surface area contributed by atoms with E-state index in [1.54, 1.807) is 10.6 Å². The number of hydrogen-bond acceptors (Lipinski definition) is 3. The zero-order chi connectivity index (χ0) is 14.2. The third-order valence-electron chi connectivity index (χ3n) is 3.49. The number of hydrogen-bond donors (Lipinski definition) is 0. The van der Waals surface area contributed by atoms with Crippen molar-refractivity contribution in [3.05, 3.63) is 76.3 Å². The lowest BCUT2D eigenvalue weighted by Crippen LogP contribution is -2.18. The van der Waals surface area contributed by atoms with Crippen LogP contribution in [0.25, 0.3) is 17.0 Å². The van der Waals surface area contributed by atoms with E-state index in [1.165, 1.54) is 0 Å². The molecule has 0 spiro atoms. The summed E-state index contributed by atoms with van der Waals surface area (Å²) in [6, 6.07) is 17.6. The van der Waals surface area contributed by atoms with Crippen molar-refractivity contribution in [3.63, 3.8) is 0 Å². The van der Waals surface area contributed by atoms with Gasteiger partial charge < -0.3 is 4.74 Å². The minimum atomic E-state index is -0.0629. The minimum Gasteiger partial charge on any atom is -0.428 e. The molecule has 2 aromatic carbocycles. The first-order valence-corrected chi connectivity index (χ1v) is 6.74. The molecule has 0 unspecified atom stereocenters. The lowest BCUT2D eigenvalue weighted by Gasteiger charge is -2.01. The highest BCUT2D eigenvalue weighted by Gasteiger charge is 2.21. The molecule has 1 aromatic heterocycles. The van der Waals surface area contributed by atoms with Crippen LogP contribution in [0, 0.1) is 0 Å². The monoisotopic (exact) mass is 276 g/mol. The highest BCUT2D eigenvalue weighted by molar-refractivity contribution is 5.77. The summed E-state index contributed by atoms with van der Waals surface area (Å²) in [7, 11) is 0. The van der Waals surface area contributed by atoms with Gasteiger partial charge in [0.05, 0.1) is 17.4 Å². The van der Waals surface area contributed by atoms with Gasteiger partial charge in [0, 0.05) is 0 Å². The Labute approximate surface area is 120 Å². The fraction of sp³-hybridized carbons (Fsp3) is 0.0588. The van der Waals surface area contributed by atoms with Crippen molar-refractivity contribution in [1.29, 1.82) is 0 Å². The normalized spacial score (nSPS) is 15.1. The molecule has 4 heteroatoms. The number of nitrogens with zero attached hydrogens (tertiary/aromatic N) is 2. The Balaban J connectivity index is 1.81. The zero-order valence-electron chi connectivity index (χ0n) is 11.2. The maximum Gasteiger partial charge on any atom is 0.305 e. The third-order valence-corrected chi connectivity index (χ3v) is 3.49. The van der Waals surface area contributed by atoms with E-state index in [9.17, 15) is 4.79 Å². The summed E-state index contributed by atoms with van der Waals surface area (Å²) in [5.74, 6) is 0.723. The van der Waals surface area contributed by atoms with Crippen LogP contribution >= 0.6 is 0 Å². The number of fused-ring (bicyclic) bond motifs is 2. The average molecular weight is 276 g/mol. The molecule has 0 saturated carbocycles. The second kappa shape index (κ2) is 4.59. The molecular weight excluding hydrogens is 264 g/mol. The van der Waals surface area contributed by atoms with Crippen LogP contribution in [0.1, 0.15) is 5.56 Å². The van der Waals surface area contributed by atoms with Crippen molar-refractivity contribution >= 4 is 17.0 Å². The van der Waals surface area contributed by atoms with E-state index in [0.717, 1.165) is 11.3 Å². The lowest BCUT2D eigenvalue weighted by molar-refractivity contribution is 0.433. The number of para-hydroxylation sites is 1. The molecular formula is C17H12N2O2. The van der Waals surface area contributed by atoms with Gasteiger partial charge in [0.2, 0.25) is 0 Å². The molecule has 0 fully saturated rings. The molecule has 0 aliphatic carbocycles. The van der Waals surface area contributed by atoms with Gasteiger partial charge >= 0.3 is 6.01 Å². The summed E-state index contributed by atoms with van der Waals surface area (Å²) in [4.78, 5) is 16.8. The summed E-state index contributed by atoms with van der Waals surface area (Å²) in [6.07, 6.45) is 1.93. The van der Waals surface area contributed by atoms with Gasteiger partial charge in [0.25, 0.3) is 5.56 Å². The fourth-order valence-electron chi connectivity index (χ4n) is 2.48. The molecule has 0 N–H and O–H groups in total. The van der Waals surface area contributed by atoms with Gasteiger partial charge in [-0.3, -0.25) is 9.36 Å². The summed E-state index contributed by atoms with van der Waals surface area (Å²) < 4.78 is 7.28. The van der Waals surface area contributed by atoms with Crippen molar-refractivity contribution < 1.29 is 4.74 Å². The molecule has 2 heterocycles. The van der Waals surface area contributed by atoms with Gasteiger partial charge in [-0.05, 0) is 23.8 Å². The standard InChI is InChI=1S/C17H12N2O2/c20-16-14-8-4-5-9-15(14)18-17-19(16)11-13(21-17)10-12-6-2-1-3-7-12/h1-10H,11H2/b13-10-. The average Bonchev–Trinajstić information content (AvgIpc) is 2.91. The van der Waals surface area contributed by atoms with Crippen molar-refractivity contribution in [2.45, 2.75) is 6.54 Å². The van der Waals surface area contributed by atoms with Crippen LogP contribution in [0.5, 0.6) is 6.01 Å². The predicted molar refractivity (Wildman–Crippen MR) is 81.1 cm³/mol. The molecule has 102 valence electrons. The lowest BCUT2D eigenvalue weighted by atomic mass is 10.2. The first kappa shape index (κ1) is 11.9. The van der Waals surface area contributed by atoms with Crippen LogP contribution in [0.3, 0.4) is 0 Å². The van der Waals surface area contributed by atoms with Crippen molar-refractivity contribution in [2.75, 3.05) is 0 Å². The highest BCUT2D eigenvalue weighted by Crippen LogP contribution is 2.23. The second-order valence-corrected chi connectivity index (χ2v) is 4.93. The first-order chi connectivity index (χ1) is 10.3. The maximum atomic E-state index is 12.4. The predicted octanol–water partition coefficient (Wildman–Crippen LogP) is 2.83. The molecule has 1 aliphatic rings. The molecule has 0 amide bonds. The molecule has 21 heavy (non-hydrogen) atoms. The van der Waals surface area contributed by atoms with E-state index in [2.05, 4.69) is 4.98 Å². The quantitative estimate of drug-likeness (QED) is 0.686. The Morgan fingerprint density at radius 2 is 1.81 bits per heavy atom. The van der Waals surface area contributed by atoms with Crippen LogP contribution in [0.2, 0.25) is 0 Å². The Bertz CT molecular complexity index is 911. The zero-order valence-corrected chi connectivity index (χ0v) is 11.2.